The minimum Gasteiger partial charge on any atom is -0.330 e. The van der Waals surface area contributed by atoms with Crippen LogP contribution in [0.2, 0.25) is 0 Å². The van der Waals surface area contributed by atoms with Crippen molar-refractivity contribution in [3.8, 4) is 0 Å². The van der Waals surface area contributed by atoms with Crippen molar-refractivity contribution in [1.29, 1.82) is 0 Å². The Morgan fingerprint density at radius 2 is 1.88 bits per heavy atom. The minimum absolute atomic E-state index is 0.724. The summed E-state index contributed by atoms with van der Waals surface area (Å²) in [5.41, 5.74) is 7.15. The van der Waals surface area contributed by atoms with E-state index in [1.807, 2.05) is 11.3 Å². The van der Waals surface area contributed by atoms with Gasteiger partial charge in [0.05, 0.1) is 10.7 Å². The molecule has 0 aliphatic heterocycles. The van der Waals surface area contributed by atoms with Crippen LogP contribution in [0.15, 0.2) is 0 Å². The fourth-order valence-corrected chi connectivity index (χ4v) is 3.92. The second-order valence-corrected chi connectivity index (χ2v) is 6.63. The van der Waals surface area contributed by atoms with Crippen LogP contribution in [0, 0.1) is 25.7 Å². The summed E-state index contributed by atoms with van der Waals surface area (Å²) < 4.78 is 0. The molecule has 0 amide bonds. The molecule has 2 atom stereocenters. The summed E-state index contributed by atoms with van der Waals surface area (Å²) in [4.78, 5) is 6.05. The molecule has 0 saturated heterocycles. The Labute approximate surface area is 109 Å². The summed E-state index contributed by atoms with van der Waals surface area (Å²) in [5, 5.41) is 1.32. The molecule has 3 heteroatoms. The van der Waals surface area contributed by atoms with E-state index < -0.39 is 0 Å². The molecule has 0 radical (unpaired) electrons. The number of thiazole rings is 1. The van der Waals surface area contributed by atoms with Gasteiger partial charge in [-0.1, -0.05) is 19.3 Å². The van der Waals surface area contributed by atoms with Crippen molar-refractivity contribution in [2.24, 2.45) is 17.6 Å². The topological polar surface area (TPSA) is 38.9 Å². The Balaban J connectivity index is 2.04. The van der Waals surface area contributed by atoms with Crippen LogP contribution in [-0.2, 0) is 6.42 Å². The smallest absolute Gasteiger partial charge is 0.0933 e. The molecule has 0 aromatic carbocycles. The lowest BCUT2D eigenvalue weighted by atomic mass is 9.86. The van der Waals surface area contributed by atoms with Crippen LogP contribution in [0.3, 0.4) is 0 Å². The number of rotatable bonds is 3. The maximum absolute atomic E-state index is 5.93. The highest BCUT2D eigenvalue weighted by Crippen LogP contribution is 2.32. The SMILES string of the molecule is Cc1nc(CC2CCCCCC2CN)sc1C. The summed E-state index contributed by atoms with van der Waals surface area (Å²) in [5.74, 6) is 1.49. The Kier molecular flexibility index (Phi) is 4.57. The number of hydrogen-bond donors (Lipinski definition) is 1. The van der Waals surface area contributed by atoms with Crippen LogP contribution in [0.1, 0.15) is 47.7 Å². The van der Waals surface area contributed by atoms with Crippen molar-refractivity contribution in [3.05, 3.63) is 15.6 Å². The maximum atomic E-state index is 5.93. The van der Waals surface area contributed by atoms with Crippen molar-refractivity contribution >= 4 is 11.3 Å². The van der Waals surface area contributed by atoms with E-state index >= 15 is 0 Å². The molecule has 1 aromatic heterocycles. The van der Waals surface area contributed by atoms with E-state index in [4.69, 9.17) is 5.73 Å². The van der Waals surface area contributed by atoms with E-state index in [2.05, 4.69) is 18.8 Å². The highest BCUT2D eigenvalue weighted by molar-refractivity contribution is 7.11. The molecule has 1 aromatic rings. The standard InChI is InChI=1S/C14H24N2S/c1-10-11(2)17-14(16-10)8-12-6-4-3-5-7-13(12)9-15/h12-13H,3-9,15H2,1-2H3. The van der Waals surface area contributed by atoms with Crippen molar-refractivity contribution in [2.45, 2.75) is 52.4 Å². The van der Waals surface area contributed by atoms with Gasteiger partial charge in [-0.2, -0.15) is 0 Å². The summed E-state index contributed by atoms with van der Waals surface area (Å²) in [6.07, 6.45) is 7.97. The fraction of sp³-hybridized carbons (Fsp3) is 0.786. The molecule has 17 heavy (non-hydrogen) atoms. The molecule has 1 saturated carbocycles. The lowest BCUT2D eigenvalue weighted by molar-refractivity contribution is 0.318. The molecule has 1 aliphatic rings. The van der Waals surface area contributed by atoms with Gasteiger partial charge in [0.15, 0.2) is 0 Å². The van der Waals surface area contributed by atoms with Crippen molar-refractivity contribution < 1.29 is 0 Å². The number of hydrogen-bond acceptors (Lipinski definition) is 3. The largest absolute Gasteiger partial charge is 0.330 e. The fourth-order valence-electron chi connectivity index (χ4n) is 2.89. The van der Waals surface area contributed by atoms with Gasteiger partial charge in [-0.05, 0) is 45.1 Å². The van der Waals surface area contributed by atoms with E-state index in [-0.39, 0.29) is 0 Å². The second kappa shape index (κ2) is 5.96. The molecule has 96 valence electrons. The summed E-state index contributed by atoms with van der Waals surface area (Å²) in [6, 6.07) is 0. The highest BCUT2D eigenvalue weighted by Gasteiger charge is 2.23. The Hall–Kier alpha value is -0.410. The molecule has 1 fully saturated rings. The zero-order valence-electron chi connectivity index (χ0n) is 11.0. The van der Waals surface area contributed by atoms with Crippen LogP contribution < -0.4 is 5.73 Å². The normalized spacial score (nSPS) is 25.8. The number of nitrogens with two attached hydrogens (primary N) is 1. The lowest BCUT2D eigenvalue weighted by Gasteiger charge is -2.22. The molecule has 2 rings (SSSR count). The Morgan fingerprint density at radius 3 is 2.47 bits per heavy atom. The van der Waals surface area contributed by atoms with E-state index in [1.54, 1.807) is 0 Å². The van der Waals surface area contributed by atoms with Gasteiger partial charge in [0.25, 0.3) is 0 Å². The molecule has 2 N–H and O–H groups in total. The van der Waals surface area contributed by atoms with E-state index in [0.717, 1.165) is 24.8 Å². The van der Waals surface area contributed by atoms with Crippen molar-refractivity contribution in [1.82, 2.24) is 4.98 Å². The van der Waals surface area contributed by atoms with Crippen LogP contribution in [-0.4, -0.2) is 11.5 Å². The van der Waals surface area contributed by atoms with Crippen molar-refractivity contribution in [3.63, 3.8) is 0 Å². The van der Waals surface area contributed by atoms with Crippen LogP contribution in [0.5, 0.6) is 0 Å². The average Bonchev–Trinajstić information content (AvgIpc) is 2.53. The van der Waals surface area contributed by atoms with E-state index in [1.165, 1.54) is 47.7 Å². The van der Waals surface area contributed by atoms with Gasteiger partial charge in [-0.15, -0.1) is 11.3 Å². The minimum atomic E-state index is 0.724. The summed E-state index contributed by atoms with van der Waals surface area (Å²) >= 11 is 1.88. The van der Waals surface area contributed by atoms with Gasteiger partial charge in [-0.3, -0.25) is 0 Å². The predicted octanol–water partition coefficient (Wildman–Crippen LogP) is 3.46. The average molecular weight is 252 g/mol. The van der Waals surface area contributed by atoms with Crippen LogP contribution >= 0.6 is 11.3 Å². The van der Waals surface area contributed by atoms with Crippen LogP contribution in [0.4, 0.5) is 0 Å². The lowest BCUT2D eigenvalue weighted by Crippen LogP contribution is -2.24. The van der Waals surface area contributed by atoms with Gasteiger partial charge in [0, 0.05) is 11.3 Å². The number of aromatic nitrogens is 1. The molecule has 0 spiro atoms. The third-order valence-corrected chi connectivity index (χ3v) is 5.22. The number of aryl methyl sites for hydroxylation is 2. The predicted molar refractivity (Wildman–Crippen MR) is 74.4 cm³/mol. The van der Waals surface area contributed by atoms with Gasteiger partial charge < -0.3 is 5.73 Å². The van der Waals surface area contributed by atoms with E-state index in [9.17, 15) is 0 Å². The molecular formula is C14H24N2S. The first kappa shape index (κ1) is 13.0. The van der Waals surface area contributed by atoms with Gasteiger partial charge in [0.2, 0.25) is 0 Å². The van der Waals surface area contributed by atoms with Gasteiger partial charge >= 0.3 is 0 Å². The van der Waals surface area contributed by atoms with Gasteiger partial charge in [-0.25, -0.2) is 4.98 Å². The molecule has 1 aliphatic carbocycles. The zero-order valence-corrected chi connectivity index (χ0v) is 11.9. The second-order valence-electron chi connectivity index (χ2n) is 5.35. The molecule has 2 unspecified atom stereocenters. The third kappa shape index (κ3) is 3.29. The molecule has 0 bridgehead atoms. The monoisotopic (exact) mass is 252 g/mol. The maximum Gasteiger partial charge on any atom is 0.0933 e. The Bertz CT molecular complexity index is 340. The highest BCUT2D eigenvalue weighted by atomic mass is 32.1. The van der Waals surface area contributed by atoms with E-state index in [0.29, 0.717) is 0 Å². The quantitative estimate of drug-likeness (QED) is 0.837. The zero-order chi connectivity index (χ0) is 12.3. The van der Waals surface area contributed by atoms with Crippen LogP contribution in [0.25, 0.3) is 0 Å². The first-order valence-corrected chi connectivity index (χ1v) is 7.65. The first-order chi connectivity index (χ1) is 8.20. The number of nitrogens with zero attached hydrogens (tertiary/aromatic N) is 1. The summed E-state index contributed by atoms with van der Waals surface area (Å²) in [7, 11) is 0. The third-order valence-electron chi connectivity index (χ3n) is 4.13. The first-order valence-electron chi connectivity index (χ1n) is 6.83. The summed E-state index contributed by atoms with van der Waals surface area (Å²) in [6.45, 7) is 5.14. The molecule has 2 nitrogen and oxygen atoms in total. The molecular weight excluding hydrogens is 228 g/mol. The van der Waals surface area contributed by atoms with Gasteiger partial charge in [0.1, 0.15) is 0 Å². The molecule has 1 heterocycles. The Morgan fingerprint density at radius 1 is 1.18 bits per heavy atom. The van der Waals surface area contributed by atoms with Crippen molar-refractivity contribution in [2.75, 3.05) is 6.54 Å².